The van der Waals surface area contributed by atoms with Crippen LogP contribution in [0.3, 0.4) is 0 Å². The number of aryl methyl sites for hydroxylation is 2. The van der Waals surface area contributed by atoms with Crippen LogP contribution in [0.15, 0.2) is 41.3 Å². The minimum absolute atomic E-state index is 0.0230. The first-order valence-electron chi connectivity index (χ1n) is 9.88. The third kappa shape index (κ3) is 4.61. The van der Waals surface area contributed by atoms with Crippen molar-refractivity contribution in [3.63, 3.8) is 0 Å². The molecule has 10 nitrogen and oxygen atoms in total. The fourth-order valence-corrected chi connectivity index (χ4v) is 4.39. The summed E-state index contributed by atoms with van der Waals surface area (Å²) in [5, 5.41) is 9.58. The van der Waals surface area contributed by atoms with Gasteiger partial charge in [0.25, 0.3) is 5.91 Å². The number of amides is 1. The second-order valence-electron chi connectivity index (χ2n) is 7.55. The molecule has 0 spiro atoms. The number of fused-ring (bicyclic) bond motifs is 1. The van der Waals surface area contributed by atoms with Gasteiger partial charge in [-0.1, -0.05) is 11.6 Å². The lowest BCUT2D eigenvalue weighted by molar-refractivity contribution is -0.121. The number of nitrogens with two attached hydrogens (primary N) is 1. The number of rotatable bonds is 5. The summed E-state index contributed by atoms with van der Waals surface area (Å²) in [4.78, 5) is 31.0. The van der Waals surface area contributed by atoms with Gasteiger partial charge in [-0.15, -0.1) is 0 Å². The van der Waals surface area contributed by atoms with Gasteiger partial charge in [0, 0.05) is 17.9 Å². The first-order valence-corrected chi connectivity index (χ1v) is 11.8. The number of carbonyl (C=O) groups is 2. The van der Waals surface area contributed by atoms with Crippen molar-refractivity contribution in [2.45, 2.75) is 25.2 Å². The molecule has 0 aliphatic carbocycles. The molecule has 0 radical (unpaired) electrons. The fraction of sp³-hybridized carbons (Fsp3) is 0.238. The van der Waals surface area contributed by atoms with E-state index in [2.05, 4.69) is 10.1 Å². The molecule has 0 unspecified atom stereocenters. The van der Waals surface area contributed by atoms with Crippen LogP contribution < -0.4 is 10.0 Å². The molecule has 1 aliphatic rings. The van der Waals surface area contributed by atoms with Gasteiger partial charge in [-0.25, -0.2) is 28.0 Å². The first-order chi connectivity index (χ1) is 15.5. The van der Waals surface area contributed by atoms with Gasteiger partial charge >= 0.3 is 5.97 Å². The number of ether oxygens (including phenoxy) is 1. The Kier molecular flexibility index (Phi) is 5.95. The topological polar surface area (TPSA) is 137 Å². The van der Waals surface area contributed by atoms with Gasteiger partial charge in [0.15, 0.2) is 18.1 Å². The van der Waals surface area contributed by atoms with Gasteiger partial charge in [-0.2, -0.15) is 5.10 Å². The monoisotopic (exact) mass is 489 g/mol. The van der Waals surface area contributed by atoms with E-state index >= 15 is 0 Å². The molecule has 0 bridgehead atoms. The van der Waals surface area contributed by atoms with E-state index in [0.29, 0.717) is 30.0 Å². The Morgan fingerprint density at radius 1 is 1.18 bits per heavy atom. The van der Waals surface area contributed by atoms with Gasteiger partial charge < -0.3 is 9.64 Å². The standard InChI is InChI=1S/C21H20ClN5O5S/c1-12-9-13(2)27(25-12)18-6-4-16(22)20(24-18)21(29)32-11-19(28)26-8-7-14-10-15(33(23,30)31)3-5-17(14)26/h3-6,9-10H,7-8,11H2,1-2H3,(H2,23,30,31). The van der Waals surface area contributed by atoms with E-state index in [1.54, 1.807) is 10.7 Å². The quantitative estimate of drug-likeness (QED) is 0.540. The first kappa shape index (κ1) is 22.9. The van der Waals surface area contributed by atoms with E-state index in [1.165, 1.54) is 29.2 Å². The number of pyridine rings is 1. The number of benzene rings is 1. The maximum Gasteiger partial charge on any atom is 0.359 e. The largest absolute Gasteiger partial charge is 0.451 e. The van der Waals surface area contributed by atoms with Crippen molar-refractivity contribution < 1.29 is 22.7 Å². The van der Waals surface area contributed by atoms with E-state index in [0.717, 1.165) is 11.4 Å². The Hall–Kier alpha value is -3.28. The van der Waals surface area contributed by atoms with Crippen LogP contribution in [0.5, 0.6) is 0 Å². The highest BCUT2D eigenvalue weighted by atomic mass is 35.5. The van der Waals surface area contributed by atoms with Crippen molar-refractivity contribution in [3.05, 3.63) is 64.1 Å². The lowest BCUT2D eigenvalue weighted by Gasteiger charge is -2.17. The van der Waals surface area contributed by atoms with Gasteiger partial charge in [-0.3, -0.25) is 4.79 Å². The second-order valence-corrected chi connectivity index (χ2v) is 9.51. The van der Waals surface area contributed by atoms with Crippen molar-refractivity contribution >= 4 is 39.2 Å². The predicted octanol–water partition coefficient (Wildman–Crippen LogP) is 1.93. The number of carbonyl (C=O) groups excluding carboxylic acids is 2. The van der Waals surface area contributed by atoms with Crippen LogP contribution in [-0.4, -0.2) is 48.2 Å². The summed E-state index contributed by atoms with van der Waals surface area (Å²) in [6.45, 7) is 3.49. The van der Waals surface area contributed by atoms with Crippen LogP contribution in [0, 0.1) is 13.8 Å². The smallest absolute Gasteiger partial charge is 0.359 e. The van der Waals surface area contributed by atoms with Crippen molar-refractivity contribution in [2.75, 3.05) is 18.1 Å². The minimum Gasteiger partial charge on any atom is -0.451 e. The molecule has 0 atom stereocenters. The molecule has 2 N–H and O–H groups in total. The van der Waals surface area contributed by atoms with Crippen molar-refractivity contribution in [1.29, 1.82) is 0 Å². The highest BCUT2D eigenvalue weighted by molar-refractivity contribution is 7.89. The molecule has 1 amide bonds. The maximum atomic E-state index is 12.7. The number of hydrogen-bond donors (Lipinski definition) is 1. The Morgan fingerprint density at radius 3 is 2.61 bits per heavy atom. The number of nitrogens with zero attached hydrogens (tertiary/aromatic N) is 4. The molecule has 172 valence electrons. The molecule has 1 aliphatic heterocycles. The van der Waals surface area contributed by atoms with E-state index in [9.17, 15) is 18.0 Å². The van der Waals surface area contributed by atoms with Crippen molar-refractivity contribution in [2.24, 2.45) is 5.14 Å². The highest BCUT2D eigenvalue weighted by Crippen LogP contribution is 2.30. The summed E-state index contributed by atoms with van der Waals surface area (Å²) >= 11 is 6.14. The molecule has 3 aromatic rings. The van der Waals surface area contributed by atoms with E-state index in [-0.39, 0.29) is 15.6 Å². The Labute approximate surface area is 195 Å². The van der Waals surface area contributed by atoms with Crippen molar-refractivity contribution in [1.82, 2.24) is 14.8 Å². The lowest BCUT2D eigenvalue weighted by atomic mass is 10.2. The Morgan fingerprint density at radius 2 is 1.94 bits per heavy atom. The third-order valence-electron chi connectivity index (χ3n) is 5.15. The molecule has 1 aromatic carbocycles. The molecule has 0 fully saturated rings. The molecular formula is C21H20ClN5O5S. The summed E-state index contributed by atoms with van der Waals surface area (Å²) in [5.41, 5.74) is 2.71. The molecule has 0 saturated carbocycles. The van der Waals surface area contributed by atoms with E-state index < -0.39 is 28.5 Å². The maximum absolute atomic E-state index is 12.7. The Bertz CT molecular complexity index is 1390. The molecule has 4 rings (SSSR count). The molecular weight excluding hydrogens is 470 g/mol. The number of halogens is 1. The van der Waals surface area contributed by atoms with Crippen LogP contribution in [0.1, 0.15) is 27.4 Å². The number of esters is 1. The Balaban J connectivity index is 1.48. The summed E-state index contributed by atoms with van der Waals surface area (Å²) in [5.74, 6) is -0.917. The highest BCUT2D eigenvalue weighted by Gasteiger charge is 2.27. The second kappa shape index (κ2) is 8.58. The number of sulfonamides is 1. The van der Waals surface area contributed by atoms with E-state index in [1.807, 2.05) is 19.9 Å². The van der Waals surface area contributed by atoms with Gasteiger partial charge in [0.2, 0.25) is 10.0 Å². The molecule has 33 heavy (non-hydrogen) atoms. The van der Waals surface area contributed by atoms with Crippen molar-refractivity contribution in [3.8, 4) is 5.82 Å². The number of aromatic nitrogens is 3. The molecule has 0 saturated heterocycles. The number of hydrogen-bond acceptors (Lipinski definition) is 7. The molecule has 12 heteroatoms. The van der Waals surface area contributed by atoms with Crippen LogP contribution in [0.2, 0.25) is 5.02 Å². The van der Waals surface area contributed by atoms with Gasteiger partial charge in [0.1, 0.15) is 0 Å². The average molecular weight is 490 g/mol. The third-order valence-corrected chi connectivity index (χ3v) is 6.37. The van der Waals surface area contributed by atoms with Crippen LogP contribution in [-0.2, 0) is 26.0 Å². The predicted molar refractivity (Wildman–Crippen MR) is 120 cm³/mol. The van der Waals surface area contributed by atoms with Crippen LogP contribution in [0.4, 0.5) is 5.69 Å². The number of anilines is 1. The zero-order chi connectivity index (χ0) is 23.9. The molecule has 2 aromatic heterocycles. The molecule has 3 heterocycles. The SMILES string of the molecule is Cc1cc(C)n(-c2ccc(Cl)c(C(=O)OCC(=O)N3CCc4cc(S(N)(=O)=O)ccc43)n2)n1. The summed E-state index contributed by atoms with van der Waals surface area (Å²) in [6.07, 6.45) is 0.455. The zero-order valence-electron chi connectivity index (χ0n) is 17.8. The summed E-state index contributed by atoms with van der Waals surface area (Å²) in [7, 11) is -3.84. The number of primary sulfonamides is 1. The average Bonchev–Trinajstić information content (AvgIpc) is 3.33. The normalized spacial score (nSPS) is 13.2. The summed E-state index contributed by atoms with van der Waals surface area (Å²) in [6, 6.07) is 9.29. The van der Waals surface area contributed by atoms with Gasteiger partial charge in [-0.05, 0) is 62.2 Å². The fourth-order valence-electron chi connectivity index (χ4n) is 3.64. The summed E-state index contributed by atoms with van der Waals surface area (Å²) < 4.78 is 29.8. The van der Waals surface area contributed by atoms with E-state index in [4.69, 9.17) is 21.5 Å². The van der Waals surface area contributed by atoms with Gasteiger partial charge in [0.05, 0.1) is 15.6 Å². The van der Waals surface area contributed by atoms with Crippen LogP contribution in [0.25, 0.3) is 5.82 Å². The van der Waals surface area contributed by atoms with Crippen LogP contribution >= 0.6 is 11.6 Å². The lowest BCUT2D eigenvalue weighted by Crippen LogP contribution is -2.33. The zero-order valence-corrected chi connectivity index (χ0v) is 19.4. The minimum atomic E-state index is -3.84.